The second-order valence-electron chi connectivity index (χ2n) is 6.83. The van der Waals surface area contributed by atoms with Crippen LogP contribution >= 0.6 is 11.8 Å². The van der Waals surface area contributed by atoms with Crippen molar-refractivity contribution in [2.45, 2.75) is 11.3 Å². The highest BCUT2D eigenvalue weighted by Crippen LogP contribution is 2.27. The Kier molecular flexibility index (Phi) is 6.81. The number of hydrogen-bond donors (Lipinski definition) is 1. The van der Waals surface area contributed by atoms with Gasteiger partial charge in [0.2, 0.25) is 5.91 Å². The predicted molar refractivity (Wildman–Crippen MR) is 120 cm³/mol. The largest absolute Gasteiger partial charge is 0.497 e. The third-order valence-corrected chi connectivity index (χ3v) is 5.54. The number of rotatable bonds is 8. The van der Waals surface area contributed by atoms with Gasteiger partial charge in [-0.25, -0.2) is 4.39 Å². The molecule has 0 saturated carbocycles. The number of methoxy groups -OCH3 is 1. The average molecular weight is 450 g/mol. The Labute approximate surface area is 188 Å². The van der Waals surface area contributed by atoms with Gasteiger partial charge >= 0.3 is 0 Å². The van der Waals surface area contributed by atoms with Gasteiger partial charge in [-0.2, -0.15) is 0 Å². The first-order valence-electron chi connectivity index (χ1n) is 9.83. The molecule has 6 nitrogen and oxygen atoms in total. The molecular formula is C24H20FN3O3S. The monoisotopic (exact) mass is 449 g/mol. The summed E-state index contributed by atoms with van der Waals surface area (Å²) in [6.07, 6.45) is 0. The van der Waals surface area contributed by atoms with E-state index in [1.165, 1.54) is 6.07 Å². The van der Waals surface area contributed by atoms with Gasteiger partial charge in [0.25, 0.3) is 11.1 Å². The van der Waals surface area contributed by atoms with E-state index < -0.39 is 5.82 Å². The van der Waals surface area contributed by atoms with Gasteiger partial charge in [0, 0.05) is 0 Å². The Morgan fingerprint density at radius 3 is 2.41 bits per heavy atom. The lowest BCUT2D eigenvalue weighted by Crippen LogP contribution is -2.30. The van der Waals surface area contributed by atoms with Crippen molar-refractivity contribution >= 4 is 17.7 Å². The van der Waals surface area contributed by atoms with E-state index in [9.17, 15) is 9.18 Å². The molecule has 1 amide bonds. The molecule has 162 valence electrons. The quantitative estimate of drug-likeness (QED) is 0.386. The van der Waals surface area contributed by atoms with Crippen LogP contribution in [-0.4, -0.2) is 29.0 Å². The first-order chi connectivity index (χ1) is 15.6. The molecule has 0 aliphatic heterocycles. The summed E-state index contributed by atoms with van der Waals surface area (Å²) in [5.41, 5.74) is 2.10. The Morgan fingerprint density at radius 1 is 1.00 bits per heavy atom. The number of aromatic nitrogens is 2. The molecule has 0 saturated heterocycles. The van der Waals surface area contributed by atoms with Crippen LogP contribution < -0.4 is 10.1 Å². The summed E-state index contributed by atoms with van der Waals surface area (Å²) in [7, 11) is 1.61. The minimum Gasteiger partial charge on any atom is -0.497 e. The number of nitrogens with one attached hydrogen (secondary N) is 1. The highest BCUT2D eigenvalue weighted by atomic mass is 32.2. The molecule has 3 aromatic carbocycles. The zero-order chi connectivity index (χ0) is 22.3. The minimum atomic E-state index is -0.448. The van der Waals surface area contributed by atoms with Crippen molar-refractivity contribution in [1.82, 2.24) is 15.5 Å². The minimum absolute atomic E-state index is 0.0679. The summed E-state index contributed by atoms with van der Waals surface area (Å²) < 4.78 is 24.6. The van der Waals surface area contributed by atoms with Gasteiger partial charge in [-0.05, 0) is 35.4 Å². The van der Waals surface area contributed by atoms with Crippen molar-refractivity contribution in [3.63, 3.8) is 0 Å². The van der Waals surface area contributed by atoms with Crippen molar-refractivity contribution in [3.05, 3.63) is 95.8 Å². The molecule has 0 unspecified atom stereocenters. The Balaban J connectivity index is 1.44. The maximum Gasteiger partial charge on any atom is 0.277 e. The number of carbonyl (C=O) groups excluding carboxylic acids is 1. The van der Waals surface area contributed by atoms with Gasteiger partial charge in [0.05, 0.1) is 24.5 Å². The standard InChI is InChI=1S/C24H20FN3O3S/c1-30-18-13-11-17(12-14-18)22(16-7-3-2-4-8-16)26-21(29)15-32-24-28-27-23(31-24)19-9-5-6-10-20(19)25/h2-14,22H,15H2,1H3,(H,26,29)/t22-/m0/s1. The van der Waals surface area contributed by atoms with E-state index in [4.69, 9.17) is 9.15 Å². The third-order valence-electron chi connectivity index (χ3n) is 4.72. The normalized spacial score (nSPS) is 11.7. The molecule has 32 heavy (non-hydrogen) atoms. The topological polar surface area (TPSA) is 77.2 Å². The number of ether oxygens (including phenoxy) is 1. The number of benzene rings is 3. The van der Waals surface area contributed by atoms with Gasteiger partial charge in [-0.1, -0.05) is 66.4 Å². The zero-order valence-corrected chi connectivity index (χ0v) is 18.0. The molecule has 4 rings (SSSR count). The second-order valence-corrected chi connectivity index (χ2v) is 7.75. The SMILES string of the molecule is COc1ccc([C@@H](NC(=O)CSc2nnc(-c3ccccc3F)o2)c2ccccc2)cc1. The Hall–Kier alpha value is -3.65. The first kappa shape index (κ1) is 21.6. The van der Waals surface area contributed by atoms with E-state index in [1.54, 1.807) is 25.3 Å². The smallest absolute Gasteiger partial charge is 0.277 e. The van der Waals surface area contributed by atoms with E-state index in [0.29, 0.717) is 0 Å². The zero-order valence-electron chi connectivity index (χ0n) is 17.2. The van der Waals surface area contributed by atoms with E-state index in [2.05, 4.69) is 15.5 Å². The molecule has 1 atom stereocenters. The molecule has 1 N–H and O–H groups in total. The van der Waals surface area contributed by atoms with Gasteiger partial charge in [-0.15, -0.1) is 10.2 Å². The Bertz CT molecular complexity index is 1180. The fourth-order valence-electron chi connectivity index (χ4n) is 3.14. The van der Waals surface area contributed by atoms with E-state index >= 15 is 0 Å². The molecule has 1 heterocycles. The molecule has 1 aromatic heterocycles. The lowest BCUT2D eigenvalue weighted by Gasteiger charge is -2.20. The molecule has 8 heteroatoms. The fourth-order valence-corrected chi connectivity index (χ4v) is 3.72. The van der Waals surface area contributed by atoms with Crippen molar-refractivity contribution in [1.29, 1.82) is 0 Å². The van der Waals surface area contributed by atoms with Crippen LogP contribution in [0.2, 0.25) is 0 Å². The number of thioether (sulfide) groups is 1. The summed E-state index contributed by atoms with van der Waals surface area (Å²) in [6.45, 7) is 0. The second kappa shape index (κ2) is 10.1. The van der Waals surface area contributed by atoms with Crippen LogP contribution in [0.25, 0.3) is 11.5 Å². The summed E-state index contributed by atoms with van der Waals surface area (Å²) in [6, 6.07) is 23.1. The molecule has 4 aromatic rings. The van der Waals surface area contributed by atoms with Crippen molar-refractivity contribution in [3.8, 4) is 17.2 Å². The number of nitrogens with zero attached hydrogens (tertiary/aromatic N) is 2. The van der Waals surface area contributed by atoms with Crippen LogP contribution in [-0.2, 0) is 4.79 Å². The van der Waals surface area contributed by atoms with Crippen LogP contribution in [0.15, 0.2) is 88.5 Å². The third kappa shape index (κ3) is 5.15. The Morgan fingerprint density at radius 2 is 1.69 bits per heavy atom. The summed E-state index contributed by atoms with van der Waals surface area (Å²) in [5, 5.41) is 11.0. The van der Waals surface area contributed by atoms with Gasteiger partial charge in [0.1, 0.15) is 11.6 Å². The van der Waals surface area contributed by atoms with Crippen LogP contribution in [0, 0.1) is 5.82 Å². The number of hydrogen-bond acceptors (Lipinski definition) is 6. The van der Waals surface area contributed by atoms with Gasteiger partial charge in [-0.3, -0.25) is 4.79 Å². The van der Waals surface area contributed by atoms with Gasteiger partial charge < -0.3 is 14.5 Å². The summed E-state index contributed by atoms with van der Waals surface area (Å²) in [5.74, 6) is 0.232. The van der Waals surface area contributed by atoms with Crippen LogP contribution in [0.5, 0.6) is 5.75 Å². The molecule has 0 spiro atoms. The van der Waals surface area contributed by atoms with Crippen molar-refractivity contribution < 1.29 is 18.3 Å². The van der Waals surface area contributed by atoms with Crippen LogP contribution in [0.3, 0.4) is 0 Å². The van der Waals surface area contributed by atoms with Crippen molar-refractivity contribution in [2.24, 2.45) is 0 Å². The maximum atomic E-state index is 13.9. The van der Waals surface area contributed by atoms with Crippen LogP contribution in [0.1, 0.15) is 17.2 Å². The first-order valence-corrected chi connectivity index (χ1v) is 10.8. The molecule has 0 aliphatic carbocycles. The molecular weight excluding hydrogens is 429 g/mol. The maximum absolute atomic E-state index is 13.9. The molecule has 0 bridgehead atoms. The predicted octanol–water partition coefficient (Wildman–Crippen LogP) is 4.88. The highest BCUT2D eigenvalue weighted by Gasteiger charge is 2.19. The van der Waals surface area contributed by atoms with Gasteiger partial charge in [0.15, 0.2) is 0 Å². The summed E-state index contributed by atoms with van der Waals surface area (Å²) in [4.78, 5) is 12.7. The van der Waals surface area contributed by atoms with E-state index in [1.807, 2.05) is 54.6 Å². The summed E-state index contributed by atoms with van der Waals surface area (Å²) >= 11 is 1.09. The number of carbonyl (C=O) groups is 1. The van der Waals surface area contributed by atoms with E-state index in [-0.39, 0.29) is 34.4 Å². The average Bonchev–Trinajstić information content (AvgIpc) is 3.31. The molecule has 0 fully saturated rings. The molecule has 0 radical (unpaired) electrons. The lowest BCUT2D eigenvalue weighted by molar-refractivity contribution is -0.119. The van der Waals surface area contributed by atoms with Crippen molar-refractivity contribution in [2.75, 3.05) is 12.9 Å². The number of halogens is 1. The van der Waals surface area contributed by atoms with E-state index in [0.717, 1.165) is 28.6 Å². The van der Waals surface area contributed by atoms with Crippen LogP contribution in [0.4, 0.5) is 4.39 Å². The fraction of sp³-hybridized carbons (Fsp3) is 0.125. The lowest BCUT2D eigenvalue weighted by atomic mass is 9.98. The number of amides is 1. The molecule has 0 aliphatic rings. The highest BCUT2D eigenvalue weighted by molar-refractivity contribution is 7.99.